The Morgan fingerprint density at radius 1 is 1.36 bits per heavy atom. The zero-order valence-corrected chi connectivity index (χ0v) is 11.3. The van der Waals surface area contributed by atoms with Crippen LogP contribution in [0, 0.1) is 18.8 Å². The maximum Gasteiger partial charge on any atom is 0.239 e. The predicted octanol–water partition coefficient (Wildman–Crippen LogP) is 2.68. The SMILES string of the molecule is CC.[CH2-]C1CN(C)CCC1C(F)F.[No]. The fraction of sp³-hybridized carbons (Fsp3) is 0.900. The van der Waals surface area contributed by atoms with Gasteiger partial charge in [-0.1, -0.05) is 13.8 Å². The van der Waals surface area contributed by atoms with Crippen LogP contribution in [0.25, 0.3) is 0 Å². The molecule has 1 aliphatic heterocycles. The van der Waals surface area contributed by atoms with E-state index in [-0.39, 0.29) is 5.92 Å². The monoisotopic (exact) mass is 451 g/mol. The van der Waals surface area contributed by atoms with Crippen molar-refractivity contribution in [1.82, 2.24) is 4.90 Å². The summed E-state index contributed by atoms with van der Waals surface area (Å²) in [5, 5.41) is 0. The second kappa shape index (κ2) is 7.25. The minimum atomic E-state index is -2.19. The van der Waals surface area contributed by atoms with E-state index in [4.69, 9.17) is 0 Å². The van der Waals surface area contributed by atoms with Crippen molar-refractivity contribution in [1.29, 1.82) is 0 Å². The van der Waals surface area contributed by atoms with Crippen molar-refractivity contribution < 1.29 is 8.78 Å². The predicted molar refractivity (Wildman–Crippen MR) is 51.8 cm³/mol. The Labute approximate surface area is 80.1 Å². The third kappa shape index (κ3) is 4.17. The van der Waals surface area contributed by atoms with Crippen LogP contribution in [-0.4, -0.2) is 31.5 Å². The van der Waals surface area contributed by atoms with Crippen molar-refractivity contribution in [3.63, 3.8) is 0 Å². The second-order valence-corrected chi connectivity index (χ2v) is 3.31. The third-order valence-electron chi connectivity index (χ3n) is 2.32. The van der Waals surface area contributed by atoms with Crippen LogP contribution in [0.2, 0.25) is 0 Å². The molecule has 2 unspecified atom stereocenters. The molecule has 1 heterocycles. The van der Waals surface area contributed by atoms with E-state index in [1.165, 1.54) is 0 Å². The topological polar surface area (TPSA) is 3.24 Å². The zero-order chi connectivity index (χ0) is 10.4. The van der Waals surface area contributed by atoms with E-state index in [2.05, 4.69) is 11.8 Å². The van der Waals surface area contributed by atoms with Crippen molar-refractivity contribution in [3.8, 4) is 0 Å². The smallest absolute Gasteiger partial charge is 0.239 e. The van der Waals surface area contributed by atoms with E-state index >= 15 is 0 Å². The number of nitrogens with zero attached hydrogens (tertiary/aromatic N) is 1. The summed E-state index contributed by atoms with van der Waals surface area (Å²) in [6.07, 6.45) is -1.60. The Bertz CT molecular complexity index is 133. The molecule has 0 bridgehead atoms. The standard InChI is InChI=1S/C8H14F2N.C2H6.No/c1-6-5-11(2)4-3-7(6)8(9)10;1-2;/h6-8H,1,3-5H2,2H3;1-2H3;/q-1;;. The molecule has 0 aliphatic carbocycles. The molecule has 2 atom stereocenters. The van der Waals surface area contributed by atoms with Gasteiger partial charge in [0.05, 0.1) is 0 Å². The number of rotatable bonds is 1. The Hall–Kier alpha value is -1.18. The Morgan fingerprint density at radius 3 is 2.21 bits per heavy atom. The average molecular weight is 451 g/mol. The number of halogens is 2. The fourth-order valence-electron chi connectivity index (χ4n) is 1.56. The molecule has 0 amide bonds. The molecule has 1 nitrogen and oxygen atoms in total. The number of likely N-dealkylation sites (tertiary alicyclic amines) is 1. The Morgan fingerprint density at radius 2 is 1.86 bits per heavy atom. The van der Waals surface area contributed by atoms with Crippen LogP contribution in [0.1, 0.15) is 20.3 Å². The van der Waals surface area contributed by atoms with Crippen LogP contribution >= 0.6 is 0 Å². The Balaban J connectivity index is 0. The molecule has 0 aromatic carbocycles. The molecule has 0 radical (unpaired) electrons. The van der Waals surface area contributed by atoms with Gasteiger partial charge in [-0.05, 0) is 32.5 Å². The number of alkyl halides is 2. The molecule has 0 N–H and O–H groups in total. The molecule has 1 saturated heterocycles. The summed E-state index contributed by atoms with van der Waals surface area (Å²) >= 11 is 0. The molecule has 0 aromatic heterocycles. The molecule has 1 rings (SSSR count). The van der Waals surface area contributed by atoms with Crippen LogP contribution in [0.3, 0.4) is 0 Å². The third-order valence-corrected chi connectivity index (χ3v) is 2.32. The van der Waals surface area contributed by atoms with Gasteiger partial charge in [-0.15, -0.1) is 5.92 Å². The first-order valence-electron chi connectivity index (χ1n) is 4.91. The van der Waals surface area contributed by atoms with Crippen molar-refractivity contribution >= 4 is 0 Å². The zero-order valence-electron chi connectivity index (χ0n) is 9.03. The van der Waals surface area contributed by atoms with E-state index < -0.39 is 12.3 Å². The van der Waals surface area contributed by atoms with Gasteiger partial charge in [0, 0.05) is 0 Å². The van der Waals surface area contributed by atoms with Crippen LogP contribution in [0.5, 0.6) is 0 Å². The summed E-state index contributed by atoms with van der Waals surface area (Å²) in [4.78, 5) is 2.05. The first kappa shape index (κ1) is 15.3. The molecular weight excluding hydrogens is 431 g/mol. The number of hydrogen-bond acceptors (Lipinski definition) is 1. The first-order valence-corrected chi connectivity index (χ1v) is 4.91. The van der Waals surface area contributed by atoms with Gasteiger partial charge in [-0.25, -0.2) is 8.78 Å². The largest absolute Gasteiger partial charge is 0.339 e. The molecule has 94 valence electrons. The van der Waals surface area contributed by atoms with E-state index in [0.29, 0.717) is 13.0 Å². The summed E-state index contributed by atoms with van der Waals surface area (Å²) in [6, 6.07) is 0. The van der Waals surface area contributed by atoms with Gasteiger partial charge in [0.15, 0.2) is 0 Å². The molecule has 4 heteroatoms. The molecule has 14 heavy (non-hydrogen) atoms. The van der Waals surface area contributed by atoms with Gasteiger partial charge in [-0.2, -0.15) is 0 Å². The molecule has 1 fully saturated rings. The van der Waals surface area contributed by atoms with Crippen molar-refractivity contribution in [3.05, 3.63) is 6.92 Å². The summed E-state index contributed by atoms with van der Waals surface area (Å²) in [7, 11) is 1.94. The van der Waals surface area contributed by atoms with Gasteiger partial charge in [0.1, 0.15) is 0 Å². The number of piperidine rings is 1. The van der Waals surface area contributed by atoms with Gasteiger partial charge in [-0.3, -0.25) is 0 Å². The van der Waals surface area contributed by atoms with E-state index in [9.17, 15) is 8.78 Å². The van der Waals surface area contributed by atoms with E-state index in [1.54, 1.807) is 0 Å². The van der Waals surface area contributed by atoms with Gasteiger partial charge < -0.3 is 11.8 Å². The minimum absolute atomic E-state index is 0. The number of hydrogen-bond donors (Lipinski definition) is 0. The first-order chi connectivity index (χ1) is 6.11. The molecule has 0 saturated carbocycles. The molecule has 0 spiro atoms. The van der Waals surface area contributed by atoms with Crippen LogP contribution in [-0.2, 0) is 0 Å². The van der Waals surface area contributed by atoms with E-state index in [0.717, 1.165) is 6.54 Å². The maximum absolute atomic E-state index is 12.2. The normalized spacial score (nSPS) is 27.6. The van der Waals surface area contributed by atoms with E-state index in [1.807, 2.05) is 20.9 Å². The summed E-state index contributed by atoms with van der Waals surface area (Å²) in [6.45, 7) is 9.21. The minimum Gasteiger partial charge on any atom is -0.339 e. The quantitative estimate of drug-likeness (QED) is 0.555. The summed E-state index contributed by atoms with van der Waals surface area (Å²) in [5.41, 5.74) is 0. The molecule has 0 aromatic rings. The average Bonchev–Trinajstić information content (AvgIpc) is 2.07. The van der Waals surface area contributed by atoms with Crippen molar-refractivity contribution in [2.24, 2.45) is 11.8 Å². The Kier molecular flexibility index (Phi) is 7.92. The summed E-state index contributed by atoms with van der Waals surface area (Å²) < 4.78 is 24.5. The fourth-order valence-corrected chi connectivity index (χ4v) is 1.56. The molecule has 1 aliphatic rings. The van der Waals surface area contributed by atoms with Crippen molar-refractivity contribution in [2.75, 3.05) is 20.1 Å². The maximum atomic E-state index is 12.2. The summed E-state index contributed by atoms with van der Waals surface area (Å²) in [5.74, 6) is -0.583. The molecular formula is C10H20F2NNo-. The van der Waals surface area contributed by atoms with Crippen LogP contribution < -0.4 is 0 Å². The van der Waals surface area contributed by atoms with Crippen molar-refractivity contribution in [2.45, 2.75) is 26.7 Å². The van der Waals surface area contributed by atoms with Gasteiger partial charge >= 0.3 is 0 Å². The van der Waals surface area contributed by atoms with Crippen LogP contribution in [0.4, 0.5) is 8.78 Å². The van der Waals surface area contributed by atoms with Crippen LogP contribution in [0.15, 0.2) is 0 Å². The second-order valence-electron chi connectivity index (χ2n) is 3.31. The van der Waals surface area contributed by atoms with Gasteiger partial charge in [0.25, 0.3) is 0 Å². The van der Waals surface area contributed by atoms with Gasteiger partial charge in [0.2, 0.25) is 6.43 Å².